The molecule has 0 aliphatic rings. The van der Waals surface area contributed by atoms with E-state index < -0.39 is 17.9 Å². The molecule has 1 unspecified atom stereocenters. The number of benzene rings is 1. The van der Waals surface area contributed by atoms with E-state index >= 15 is 0 Å². The van der Waals surface area contributed by atoms with Crippen molar-refractivity contribution in [1.82, 2.24) is 0 Å². The largest absolute Gasteiger partial charge is 0.496 e. The number of hydrogen-bond acceptors (Lipinski definition) is 3. The van der Waals surface area contributed by atoms with Crippen LogP contribution in [0.2, 0.25) is 0 Å². The number of carboxylic acids is 1. The Kier molecular flexibility index (Phi) is 4.45. The minimum atomic E-state index is -1.13. The standard InChI is InChI=1S/C12H15FO4/c1-7-4-9(13)8(10(5-7)16-2)6-11(17-3)12(14)15/h4-5,11H,6H2,1-3H3,(H,14,15). The zero-order chi connectivity index (χ0) is 13.0. The first kappa shape index (κ1) is 13.4. The van der Waals surface area contributed by atoms with E-state index in [9.17, 15) is 9.18 Å². The number of aliphatic carboxylic acids is 1. The zero-order valence-corrected chi connectivity index (χ0v) is 9.99. The van der Waals surface area contributed by atoms with Crippen molar-refractivity contribution < 1.29 is 23.8 Å². The zero-order valence-electron chi connectivity index (χ0n) is 9.99. The van der Waals surface area contributed by atoms with E-state index in [1.807, 2.05) is 0 Å². The van der Waals surface area contributed by atoms with Crippen molar-refractivity contribution in [3.63, 3.8) is 0 Å². The second-order valence-electron chi connectivity index (χ2n) is 3.69. The van der Waals surface area contributed by atoms with Crippen LogP contribution in [0.5, 0.6) is 5.75 Å². The maximum atomic E-state index is 13.7. The summed E-state index contributed by atoms with van der Waals surface area (Å²) < 4.78 is 23.6. The number of halogens is 1. The molecule has 0 radical (unpaired) electrons. The van der Waals surface area contributed by atoms with Crippen LogP contribution in [0.25, 0.3) is 0 Å². The molecule has 1 atom stereocenters. The van der Waals surface area contributed by atoms with Crippen molar-refractivity contribution in [3.8, 4) is 5.75 Å². The van der Waals surface area contributed by atoms with Gasteiger partial charge in [0, 0.05) is 19.1 Å². The quantitative estimate of drug-likeness (QED) is 0.855. The molecular weight excluding hydrogens is 227 g/mol. The Balaban J connectivity index is 3.08. The summed E-state index contributed by atoms with van der Waals surface area (Å²) in [5.41, 5.74) is 0.930. The molecule has 1 aromatic rings. The third-order valence-corrected chi connectivity index (χ3v) is 2.47. The Morgan fingerprint density at radius 3 is 2.59 bits per heavy atom. The Labute approximate surface area is 99.0 Å². The van der Waals surface area contributed by atoms with Crippen LogP contribution in [0.15, 0.2) is 12.1 Å². The van der Waals surface area contributed by atoms with E-state index in [4.69, 9.17) is 14.6 Å². The highest BCUT2D eigenvalue weighted by molar-refractivity contribution is 5.73. The fraction of sp³-hybridized carbons (Fsp3) is 0.417. The molecule has 0 amide bonds. The van der Waals surface area contributed by atoms with Crippen molar-refractivity contribution in [1.29, 1.82) is 0 Å². The van der Waals surface area contributed by atoms with Gasteiger partial charge in [-0.3, -0.25) is 0 Å². The molecule has 1 rings (SSSR count). The van der Waals surface area contributed by atoms with Gasteiger partial charge < -0.3 is 14.6 Å². The highest BCUT2D eigenvalue weighted by Gasteiger charge is 2.21. The van der Waals surface area contributed by atoms with Crippen molar-refractivity contribution in [3.05, 3.63) is 29.1 Å². The fourth-order valence-corrected chi connectivity index (χ4v) is 1.58. The van der Waals surface area contributed by atoms with Gasteiger partial charge in [0.2, 0.25) is 0 Å². The summed E-state index contributed by atoms with van der Waals surface area (Å²) in [6.07, 6.45) is -1.15. The van der Waals surface area contributed by atoms with E-state index in [0.717, 1.165) is 0 Å². The highest BCUT2D eigenvalue weighted by Crippen LogP contribution is 2.25. The molecule has 17 heavy (non-hydrogen) atoms. The molecule has 0 saturated carbocycles. The highest BCUT2D eigenvalue weighted by atomic mass is 19.1. The number of ether oxygens (including phenoxy) is 2. The molecule has 0 aliphatic heterocycles. The molecule has 0 bridgehead atoms. The fourth-order valence-electron chi connectivity index (χ4n) is 1.58. The number of methoxy groups -OCH3 is 2. The molecule has 0 fully saturated rings. The minimum Gasteiger partial charge on any atom is -0.496 e. The Morgan fingerprint density at radius 2 is 2.12 bits per heavy atom. The maximum absolute atomic E-state index is 13.7. The summed E-state index contributed by atoms with van der Waals surface area (Å²) in [4.78, 5) is 10.8. The number of hydrogen-bond donors (Lipinski definition) is 1. The average Bonchev–Trinajstić information content (AvgIpc) is 2.26. The van der Waals surface area contributed by atoms with Crippen LogP contribution in [0.3, 0.4) is 0 Å². The van der Waals surface area contributed by atoms with Crippen molar-refractivity contribution in [2.24, 2.45) is 0 Å². The van der Waals surface area contributed by atoms with E-state index in [1.54, 1.807) is 13.0 Å². The molecule has 0 aromatic heterocycles. The summed E-state index contributed by atoms with van der Waals surface area (Å²) in [5, 5.41) is 8.86. The van der Waals surface area contributed by atoms with Gasteiger partial charge in [0.15, 0.2) is 6.10 Å². The van der Waals surface area contributed by atoms with Crippen LogP contribution in [-0.4, -0.2) is 31.4 Å². The first-order chi connectivity index (χ1) is 7.99. The van der Waals surface area contributed by atoms with Crippen LogP contribution in [0.1, 0.15) is 11.1 Å². The van der Waals surface area contributed by atoms with Crippen LogP contribution in [0, 0.1) is 12.7 Å². The molecular formula is C12H15FO4. The number of carbonyl (C=O) groups is 1. The van der Waals surface area contributed by atoms with Gasteiger partial charge in [0.05, 0.1) is 7.11 Å². The Hall–Kier alpha value is -1.62. The SMILES string of the molecule is COc1cc(C)cc(F)c1CC(OC)C(=O)O. The van der Waals surface area contributed by atoms with Gasteiger partial charge in [0.25, 0.3) is 0 Å². The summed E-state index contributed by atoms with van der Waals surface area (Å²) >= 11 is 0. The normalized spacial score (nSPS) is 12.2. The molecule has 0 spiro atoms. The average molecular weight is 242 g/mol. The molecule has 1 N–H and O–H groups in total. The summed E-state index contributed by atoms with van der Waals surface area (Å²) in [7, 11) is 2.69. The second-order valence-corrected chi connectivity index (χ2v) is 3.69. The molecule has 0 heterocycles. The van der Waals surface area contributed by atoms with Crippen molar-refractivity contribution >= 4 is 5.97 Å². The lowest BCUT2D eigenvalue weighted by Gasteiger charge is -2.14. The monoisotopic (exact) mass is 242 g/mol. The third-order valence-electron chi connectivity index (χ3n) is 2.47. The second kappa shape index (κ2) is 5.63. The van der Waals surface area contributed by atoms with E-state index in [2.05, 4.69) is 0 Å². The van der Waals surface area contributed by atoms with E-state index in [1.165, 1.54) is 20.3 Å². The van der Waals surface area contributed by atoms with Crippen molar-refractivity contribution in [2.45, 2.75) is 19.4 Å². The van der Waals surface area contributed by atoms with Gasteiger partial charge >= 0.3 is 5.97 Å². The Morgan fingerprint density at radius 1 is 1.47 bits per heavy atom. The minimum absolute atomic E-state index is 0.0683. The Bertz CT molecular complexity index is 417. The molecule has 0 saturated heterocycles. The summed E-state index contributed by atoms with van der Waals surface area (Å²) in [6.45, 7) is 1.74. The predicted octanol–water partition coefficient (Wildman–Crippen LogP) is 1.78. The molecule has 94 valence electrons. The smallest absolute Gasteiger partial charge is 0.333 e. The molecule has 0 aliphatic carbocycles. The topological polar surface area (TPSA) is 55.8 Å². The lowest BCUT2D eigenvalue weighted by atomic mass is 10.0. The summed E-state index contributed by atoms with van der Waals surface area (Å²) in [5.74, 6) is -1.27. The number of rotatable bonds is 5. The first-order valence-electron chi connectivity index (χ1n) is 5.08. The number of carboxylic acid groups (broad SMARTS) is 1. The summed E-state index contributed by atoms with van der Waals surface area (Å²) in [6, 6.07) is 3.00. The van der Waals surface area contributed by atoms with Gasteiger partial charge in [-0.15, -0.1) is 0 Å². The number of aryl methyl sites for hydroxylation is 1. The van der Waals surface area contributed by atoms with Gasteiger partial charge in [0.1, 0.15) is 11.6 Å². The van der Waals surface area contributed by atoms with Crippen LogP contribution < -0.4 is 4.74 Å². The molecule has 1 aromatic carbocycles. The third kappa shape index (κ3) is 3.17. The van der Waals surface area contributed by atoms with Crippen LogP contribution in [-0.2, 0) is 16.0 Å². The molecule has 5 heteroatoms. The maximum Gasteiger partial charge on any atom is 0.333 e. The predicted molar refractivity (Wildman–Crippen MR) is 59.8 cm³/mol. The van der Waals surface area contributed by atoms with E-state index in [-0.39, 0.29) is 12.0 Å². The van der Waals surface area contributed by atoms with Crippen LogP contribution in [0.4, 0.5) is 4.39 Å². The van der Waals surface area contributed by atoms with Gasteiger partial charge in [-0.1, -0.05) is 0 Å². The van der Waals surface area contributed by atoms with Crippen molar-refractivity contribution in [2.75, 3.05) is 14.2 Å². The van der Waals surface area contributed by atoms with Gasteiger partial charge in [-0.25, -0.2) is 9.18 Å². The van der Waals surface area contributed by atoms with E-state index in [0.29, 0.717) is 11.3 Å². The molecule has 4 nitrogen and oxygen atoms in total. The van der Waals surface area contributed by atoms with Gasteiger partial charge in [-0.05, 0) is 24.6 Å². The van der Waals surface area contributed by atoms with Crippen LogP contribution >= 0.6 is 0 Å². The lowest BCUT2D eigenvalue weighted by molar-refractivity contribution is -0.148. The first-order valence-corrected chi connectivity index (χ1v) is 5.08. The van der Waals surface area contributed by atoms with Gasteiger partial charge in [-0.2, -0.15) is 0 Å². The lowest BCUT2D eigenvalue weighted by Crippen LogP contribution is -2.25.